The molecule has 1 aromatic carbocycles. The van der Waals surface area contributed by atoms with Crippen molar-refractivity contribution in [2.24, 2.45) is 0 Å². The Morgan fingerprint density at radius 2 is 2.20 bits per heavy atom. The first kappa shape index (κ1) is 12.3. The van der Waals surface area contributed by atoms with Crippen molar-refractivity contribution in [1.29, 1.82) is 0 Å². The van der Waals surface area contributed by atoms with E-state index in [0.29, 0.717) is 12.0 Å². The third-order valence-corrected chi connectivity index (χ3v) is 3.00. The van der Waals surface area contributed by atoms with Gasteiger partial charge in [-0.25, -0.2) is 8.78 Å². The lowest BCUT2D eigenvalue weighted by Gasteiger charge is -2.16. The quantitative estimate of drug-likeness (QED) is 0.655. The Balaban J connectivity index is 3.13. The number of hydrogen-bond acceptors (Lipinski definition) is 1. The summed E-state index contributed by atoms with van der Waals surface area (Å²) in [5.74, 6) is -1.70. The van der Waals surface area contributed by atoms with Crippen molar-refractivity contribution in [2.75, 3.05) is 7.05 Å². The molecule has 0 amide bonds. The first-order valence-electron chi connectivity index (χ1n) is 4.53. The molecule has 1 nitrogen and oxygen atoms in total. The smallest absolute Gasteiger partial charge is 0.173 e. The van der Waals surface area contributed by atoms with Crippen LogP contribution in [0.25, 0.3) is 0 Å². The lowest BCUT2D eigenvalue weighted by molar-refractivity contribution is 0.496. The molecule has 1 aromatic rings. The second-order valence-electron chi connectivity index (χ2n) is 3.13. The van der Waals surface area contributed by atoms with Crippen molar-refractivity contribution in [2.45, 2.75) is 12.5 Å². The molecule has 0 aliphatic carbocycles. The van der Waals surface area contributed by atoms with Gasteiger partial charge < -0.3 is 5.32 Å². The molecule has 1 unspecified atom stereocenters. The fourth-order valence-corrected chi connectivity index (χ4v) is 1.97. The fourth-order valence-electron chi connectivity index (χ4n) is 1.38. The van der Waals surface area contributed by atoms with Crippen LogP contribution in [0.15, 0.2) is 29.3 Å². The zero-order valence-electron chi connectivity index (χ0n) is 8.36. The molecule has 82 valence electrons. The number of nitrogens with one attached hydrogen (secondary N) is 1. The summed E-state index contributed by atoms with van der Waals surface area (Å²) in [6.45, 7) is 3.62. The van der Waals surface area contributed by atoms with Crippen LogP contribution in [0.1, 0.15) is 18.0 Å². The van der Waals surface area contributed by atoms with Crippen molar-refractivity contribution in [1.82, 2.24) is 5.32 Å². The van der Waals surface area contributed by atoms with Crippen molar-refractivity contribution in [3.05, 3.63) is 46.5 Å². The molecule has 0 heterocycles. The molecule has 0 saturated carbocycles. The molecule has 4 heteroatoms. The first-order valence-corrected chi connectivity index (χ1v) is 5.32. The second kappa shape index (κ2) is 5.37. The van der Waals surface area contributed by atoms with Crippen LogP contribution in [0.2, 0.25) is 0 Å². The van der Waals surface area contributed by atoms with Crippen LogP contribution in [0.4, 0.5) is 8.78 Å². The van der Waals surface area contributed by atoms with Gasteiger partial charge in [-0.15, -0.1) is 6.58 Å². The molecule has 1 rings (SSSR count). The third-order valence-electron chi connectivity index (χ3n) is 2.19. The highest BCUT2D eigenvalue weighted by atomic mass is 79.9. The van der Waals surface area contributed by atoms with Crippen LogP contribution in [-0.2, 0) is 0 Å². The van der Waals surface area contributed by atoms with Gasteiger partial charge in [0.05, 0.1) is 4.47 Å². The molecule has 0 aromatic heterocycles. The van der Waals surface area contributed by atoms with Crippen LogP contribution < -0.4 is 5.32 Å². The molecule has 0 fully saturated rings. The highest BCUT2D eigenvalue weighted by molar-refractivity contribution is 9.10. The molecular formula is C11H12BrF2N. The summed E-state index contributed by atoms with van der Waals surface area (Å²) in [6, 6.07) is 2.63. The highest BCUT2D eigenvalue weighted by Gasteiger charge is 2.16. The van der Waals surface area contributed by atoms with Crippen LogP contribution in [0.5, 0.6) is 0 Å². The van der Waals surface area contributed by atoms with E-state index in [-0.39, 0.29) is 10.5 Å². The fraction of sp³-hybridized carbons (Fsp3) is 0.273. The molecule has 0 aliphatic heterocycles. The van der Waals surface area contributed by atoms with Crippen LogP contribution in [0, 0.1) is 11.6 Å². The van der Waals surface area contributed by atoms with E-state index in [1.165, 1.54) is 0 Å². The largest absolute Gasteiger partial charge is 0.313 e. The molecule has 1 N–H and O–H groups in total. The third kappa shape index (κ3) is 2.63. The maximum absolute atomic E-state index is 13.3. The lowest BCUT2D eigenvalue weighted by atomic mass is 10.0. The second-order valence-corrected chi connectivity index (χ2v) is 3.92. The molecule has 0 aliphatic rings. The predicted octanol–water partition coefficient (Wildman–Crippen LogP) is 3.56. The van der Waals surface area contributed by atoms with Crippen LogP contribution in [-0.4, -0.2) is 7.05 Å². The van der Waals surface area contributed by atoms with Gasteiger partial charge in [0.1, 0.15) is 0 Å². The van der Waals surface area contributed by atoms with Gasteiger partial charge >= 0.3 is 0 Å². The van der Waals surface area contributed by atoms with Gasteiger partial charge in [-0.05, 0) is 41.0 Å². The molecule has 0 saturated heterocycles. The van der Waals surface area contributed by atoms with E-state index in [1.54, 1.807) is 19.2 Å². The average molecular weight is 276 g/mol. The number of rotatable bonds is 4. The topological polar surface area (TPSA) is 12.0 Å². The minimum Gasteiger partial charge on any atom is -0.313 e. The molecule has 15 heavy (non-hydrogen) atoms. The number of halogens is 3. The van der Waals surface area contributed by atoms with Crippen LogP contribution in [0.3, 0.4) is 0 Å². The zero-order chi connectivity index (χ0) is 11.4. The van der Waals surface area contributed by atoms with E-state index in [4.69, 9.17) is 0 Å². The van der Waals surface area contributed by atoms with Gasteiger partial charge in [-0.2, -0.15) is 0 Å². The monoisotopic (exact) mass is 275 g/mol. The Hall–Kier alpha value is -0.740. The number of hydrogen-bond donors (Lipinski definition) is 1. The molecule has 1 atom stereocenters. The van der Waals surface area contributed by atoms with Gasteiger partial charge in [0.25, 0.3) is 0 Å². The maximum Gasteiger partial charge on any atom is 0.173 e. The predicted molar refractivity (Wildman–Crippen MR) is 60.7 cm³/mol. The van der Waals surface area contributed by atoms with E-state index in [2.05, 4.69) is 27.8 Å². The van der Waals surface area contributed by atoms with Gasteiger partial charge in [-0.3, -0.25) is 0 Å². The Morgan fingerprint density at radius 3 is 2.73 bits per heavy atom. The highest BCUT2D eigenvalue weighted by Crippen LogP contribution is 2.29. The van der Waals surface area contributed by atoms with E-state index in [1.807, 2.05) is 0 Å². The Bertz CT molecular complexity index is 366. The maximum atomic E-state index is 13.3. The minimum absolute atomic E-state index is 0.0630. The molecule has 0 radical (unpaired) electrons. The normalized spacial score (nSPS) is 12.5. The van der Waals surface area contributed by atoms with Crippen molar-refractivity contribution >= 4 is 15.9 Å². The van der Waals surface area contributed by atoms with Crippen molar-refractivity contribution in [3.8, 4) is 0 Å². The lowest BCUT2D eigenvalue weighted by Crippen LogP contribution is -2.16. The van der Waals surface area contributed by atoms with E-state index >= 15 is 0 Å². The summed E-state index contributed by atoms with van der Waals surface area (Å²) >= 11 is 3.05. The number of benzene rings is 1. The van der Waals surface area contributed by atoms with Crippen molar-refractivity contribution in [3.63, 3.8) is 0 Å². The van der Waals surface area contributed by atoms with E-state index in [0.717, 1.165) is 6.07 Å². The van der Waals surface area contributed by atoms with Gasteiger partial charge in [0.2, 0.25) is 0 Å². The Labute approximate surface area is 96.3 Å². The van der Waals surface area contributed by atoms with Gasteiger partial charge in [0.15, 0.2) is 11.6 Å². The van der Waals surface area contributed by atoms with Gasteiger partial charge in [-0.1, -0.05) is 12.1 Å². The molecule has 0 bridgehead atoms. The van der Waals surface area contributed by atoms with Crippen LogP contribution >= 0.6 is 15.9 Å². The Kier molecular flexibility index (Phi) is 4.42. The summed E-state index contributed by atoms with van der Waals surface area (Å²) in [4.78, 5) is 0. The summed E-state index contributed by atoms with van der Waals surface area (Å²) in [5, 5.41) is 3.02. The summed E-state index contributed by atoms with van der Waals surface area (Å²) in [6.07, 6.45) is 2.38. The summed E-state index contributed by atoms with van der Waals surface area (Å²) in [5.41, 5.74) is 0.691. The average Bonchev–Trinajstić information content (AvgIpc) is 2.24. The summed E-state index contributed by atoms with van der Waals surface area (Å²) < 4.78 is 26.3. The van der Waals surface area contributed by atoms with Gasteiger partial charge in [0, 0.05) is 6.04 Å². The standard InChI is InChI=1S/C11H12BrF2N/c1-3-4-9(15-2)7-5-6-8(13)11(14)10(7)12/h3,5-6,9,15H,1,4H2,2H3. The Morgan fingerprint density at radius 1 is 1.53 bits per heavy atom. The van der Waals surface area contributed by atoms with E-state index in [9.17, 15) is 8.78 Å². The SMILES string of the molecule is C=CCC(NC)c1ccc(F)c(F)c1Br. The minimum atomic E-state index is -0.850. The molecule has 0 spiro atoms. The first-order chi connectivity index (χ1) is 7.11. The van der Waals surface area contributed by atoms with E-state index < -0.39 is 11.6 Å². The van der Waals surface area contributed by atoms with Crippen molar-refractivity contribution < 1.29 is 8.78 Å². The summed E-state index contributed by atoms with van der Waals surface area (Å²) in [7, 11) is 1.77. The molecular weight excluding hydrogens is 264 g/mol. The zero-order valence-corrected chi connectivity index (χ0v) is 9.94.